The number of amides is 2. The van der Waals surface area contributed by atoms with Crippen molar-refractivity contribution in [3.8, 4) is 0 Å². The fraction of sp³-hybridized carbons (Fsp3) is 0.500. The van der Waals surface area contributed by atoms with Crippen LogP contribution in [-0.4, -0.2) is 33.8 Å². The van der Waals surface area contributed by atoms with Crippen molar-refractivity contribution in [3.05, 3.63) is 58.9 Å². The molecule has 1 aromatic heterocycles. The highest BCUT2D eigenvalue weighted by molar-refractivity contribution is 6.31. The molecule has 33 heavy (non-hydrogen) atoms. The molecule has 0 bridgehead atoms. The van der Waals surface area contributed by atoms with Crippen molar-refractivity contribution >= 4 is 29.1 Å². The number of hydrogen-bond acceptors (Lipinski definition) is 4. The highest BCUT2D eigenvalue weighted by atomic mass is 35.5. The van der Waals surface area contributed by atoms with Gasteiger partial charge in [0.05, 0.1) is 0 Å². The summed E-state index contributed by atoms with van der Waals surface area (Å²) in [6, 6.07) is 9.22. The number of benzene rings is 1. The van der Waals surface area contributed by atoms with Gasteiger partial charge in [-0.25, -0.2) is 0 Å². The first-order valence-corrected chi connectivity index (χ1v) is 12.4. The molecule has 3 N–H and O–H groups in total. The van der Waals surface area contributed by atoms with E-state index in [1.807, 2.05) is 6.07 Å². The Hall–Kier alpha value is -2.44. The van der Waals surface area contributed by atoms with Crippen LogP contribution in [0.2, 0.25) is 5.02 Å². The lowest BCUT2D eigenvalue weighted by Crippen LogP contribution is -2.46. The van der Waals surface area contributed by atoms with Gasteiger partial charge in [0.15, 0.2) is 0 Å². The Morgan fingerprint density at radius 1 is 1.00 bits per heavy atom. The van der Waals surface area contributed by atoms with Crippen LogP contribution in [0.4, 0.5) is 5.69 Å². The fourth-order valence-corrected chi connectivity index (χ4v) is 5.23. The van der Waals surface area contributed by atoms with Crippen molar-refractivity contribution in [2.24, 2.45) is 11.7 Å². The summed E-state index contributed by atoms with van der Waals surface area (Å²) in [5, 5.41) is 3.53. The highest BCUT2D eigenvalue weighted by Gasteiger charge is 2.33. The second-order valence-electron chi connectivity index (χ2n) is 9.37. The number of hydrogen-bond donors (Lipinski definition) is 2. The van der Waals surface area contributed by atoms with Gasteiger partial charge in [-0.05, 0) is 74.4 Å². The predicted molar refractivity (Wildman–Crippen MR) is 131 cm³/mol. The molecule has 1 aromatic carbocycles. The largest absolute Gasteiger partial charge is 0.335 e. The summed E-state index contributed by atoms with van der Waals surface area (Å²) in [4.78, 5) is 32.2. The number of nitrogens with one attached hydrogen (secondary N) is 1. The van der Waals surface area contributed by atoms with Gasteiger partial charge in [-0.2, -0.15) is 0 Å². The summed E-state index contributed by atoms with van der Waals surface area (Å²) >= 11 is 6.57. The van der Waals surface area contributed by atoms with Crippen molar-refractivity contribution < 1.29 is 9.59 Å². The zero-order valence-corrected chi connectivity index (χ0v) is 19.8. The average molecular weight is 469 g/mol. The molecule has 2 aliphatic carbocycles. The van der Waals surface area contributed by atoms with Gasteiger partial charge in [0, 0.05) is 53.2 Å². The van der Waals surface area contributed by atoms with Crippen molar-refractivity contribution in [1.29, 1.82) is 0 Å². The second-order valence-corrected chi connectivity index (χ2v) is 9.77. The average Bonchev–Trinajstić information content (AvgIpc) is 2.85. The maximum absolute atomic E-state index is 13.6. The van der Waals surface area contributed by atoms with E-state index in [0.717, 1.165) is 56.9 Å². The molecular formula is C26H33ClN4O2. The van der Waals surface area contributed by atoms with Crippen LogP contribution in [0.15, 0.2) is 42.7 Å². The lowest BCUT2D eigenvalue weighted by Gasteiger charge is -2.39. The smallest absolute Gasteiger partial charge is 0.255 e. The van der Waals surface area contributed by atoms with E-state index in [1.165, 1.54) is 6.42 Å². The van der Waals surface area contributed by atoms with Gasteiger partial charge in [-0.1, -0.05) is 30.9 Å². The van der Waals surface area contributed by atoms with E-state index in [-0.39, 0.29) is 29.8 Å². The monoisotopic (exact) mass is 468 g/mol. The fourth-order valence-electron chi connectivity index (χ4n) is 5.05. The lowest BCUT2D eigenvalue weighted by molar-refractivity contribution is -0.140. The number of pyridine rings is 1. The Balaban J connectivity index is 1.53. The first-order valence-electron chi connectivity index (χ1n) is 12.1. The Morgan fingerprint density at radius 3 is 2.39 bits per heavy atom. The van der Waals surface area contributed by atoms with Crippen LogP contribution >= 0.6 is 11.6 Å². The number of carbonyl (C=O) groups is 2. The number of aromatic nitrogens is 1. The number of carbonyl (C=O) groups excluding carboxylic acids is 2. The SMILES string of the molecule is NC1CCC(N(Cc2cc(NC(=O)c3ccncc3)ccc2Cl)C(=O)C2CCCCC2)CC1. The van der Waals surface area contributed by atoms with Gasteiger partial charge >= 0.3 is 0 Å². The predicted octanol–water partition coefficient (Wildman–Crippen LogP) is 5.17. The second kappa shape index (κ2) is 11.1. The molecular weight excluding hydrogens is 436 g/mol. The quantitative estimate of drug-likeness (QED) is 0.612. The van der Waals surface area contributed by atoms with Gasteiger partial charge in [-0.3, -0.25) is 14.6 Å². The Labute approximate surface area is 200 Å². The maximum Gasteiger partial charge on any atom is 0.255 e. The molecule has 0 radical (unpaired) electrons. The molecule has 2 saturated carbocycles. The summed E-state index contributed by atoms with van der Waals surface area (Å²) < 4.78 is 0. The molecule has 0 atom stereocenters. The van der Waals surface area contributed by atoms with E-state index in [9.17, 15) is 9.59 Å². The van der Waals surface area contributed by atoms with Gasteiger partial charge in [0.1, 0.15) is 0 Å². The summed E-state index contributed by atoms with van der Waals surface area (Å²) in [6.07, 6.45) is 12.3. The van der Waals surface area contributed by atoms with E-state index in [4.69, 9.17) is 17.3 Å². The summed E-state index contributed by atoms with van der Waals surface area (Å²) in [5.74, 6) is 0.141. The molecule has 0 saturated heterocycles. The zero-order valence-electron chi connectivity index (χ0n) is 19.0. The Morgan fingerprint density at radius 2 is 1.70 bits per heavy atom. The molecule has 0 unspecified atom stereocenters. The van der Waals surface area contributed by atoms with Crippen LogP contribution in [0.3, 0.4) is 0 Å². The zero-order chi connectivity index (χ0) is 23.2. The van der Waals surface area contributed by atoms with Gasteiger partial charge in [-0.15, -0.1) is 0 Å². The Kier molecular flexibility index (Phi) is 7.99. The molecule has 176 valence electrons. The number of rotatable bonds is 6. The number of nitrogens with zero attached hydrogens (tertiary/aromatic N) is 2. The van der Waals surface area contributed by atoms with Crippen LogP contribution in [0.1, 0.15) is 73.7 Å². The molecule has 0 spiro atoms. The van der Waals surface area contributed by atoms with E-state index >= 15 is 0 Å². The van der Waals surface area contributed by atoms with Crippen molar-refractivity contribution in [2.45, 2.75) is 76.4 Å². The first-order chi connectivity index (χ1) is 16.0. The lowest BCUT2D eigenvalue weighted by atomic mass is 9.85. The molecule has 4 rings (SSSR count). The van der Waals surface area contributed by atoms with Gasteiger partial charge in [0.25, 0.3) is 5.91 Å². The molecule has 2 aromatic rings. The molecule has 1 heterocycles. The van der Waals surface area contributed by atoms with Crippen molar-refractivity contribution in [3.63, 3.8) is 0 Å². The summed E-state index contributed by atoms with van der Waals surface area (Å²) in [7, 11) is 0. The third-order valence-corrected chi connectivity index (χ3v) is 7.38. The van der Waals surface area contributed by atoms with Crippen LogP contribution in [0.25, 0.3) is 0 Å². The number of halogens is 1. The van der Waals surface area contributed by atoms with Crippen molar-refractivity contribution in [1.82, 2.24) is 9.88 Å². The maximum atomic E-state index is 13.6. The summed E-state index contributed by atoms with van der Waals surface area (Å²) in [6.45, 7) is 0.451. The Bertz CT molecular complexity index is 954. The standard InChI is InChI=1S/C26H33ClN4O2/c27-24-11-8-22(30-25(32)18-12-14-29-15-13-18)16-20(24)17-31(23-9-6-21(28)7-10-23)26(33)19-4-2-1-3-5-19/h8,11-16,19,21,23H,1-7,9-10,17,28H2,(H,30,32). The van der Waals surface area contributed by atoms with Crippen LogP contribution in [0, 0.1) is 5.92 Å². The molecule has 7 heteroatoms. The normalized spacial score (nSPS) is 21.4. The molecule has 6 nitrogen and oxygen atoms in total. The van der Waals surface area contributed by atoms with E-state index < -0.39 is 0 Å². The van der Waals surface area contributed by atoms with Crippen LogP contribution in [0.5, 0.6) is 0 Å². The molecule has 0 aliphatic heterocycles. The third-order valence-electron chi connectivity index (χ3n) is 7.01. The van der Waals surface area contributed by atoms with Gasteiger partial charge in [0.2, 0.25) is 5.91 Å². The van der Waals surface area contributed by atoms with Crippen molar-refractivity contribution in [2.75, 3.05) is 5.32 Å². The highest BCUT2D eigenvalue weighted by Crippen LogP contribution is 2.32. The molecule has 2 aliphatic rings. The van der Waals surface area contributed by atoms with E-state index in [0.29, 0.717) is 22.8 Å². The topological polar surface area (TPSA) is 88.3 Å². The van der Waals surface area contributed by atoms with E-state index in [2.05, 4.69) is 15.2 Å². The van der Waals surface area contributed by atoms with E-state index in [1.54, 1.807) is 36.7 Å². The first kappa shape index (κ1) is 23.7. The number of anilines is 1. The number of nitrogens with two attached hydrogens (primary N) is 1. The minimum absolute atomic E-state index is 0.0997. The van der Waals surface area contributed by atoms with Crippen LogP contribution < -0.4 is 11.1 Å². The minimum Gasteiger partial charge on any atom is -0.335 e. The third kappa shape index (κ3) is 6.12. The van der Waals surface area contributed by atoms with Crippen LogP contribution in [-0.2, 0) is 11.3 Å². The summed E-state index contributed by atoms with van der Waals surface area (Å²) in [5.41, 5.74) is 8.18. The minimum atomic E-state index is -0.206. The molecule has 2 fully saturated rings. The van der Waals surface area contributed by atoms with Gasteiger partial charge < -0.3 is 16.0 Å². The molecule has 2 amide bonds.